The normalized spacial score (nSPS) is 11.9. The maximum atomic E-state index is 11.9. The highest BCUT2D eigenvalue weighted by molar-refractivity contribution is 7.89. The molecule has 0 amide bonds. The number of methoxy groups -OCH3 is 1. The van der Waals surface area contributed by atoms with Gasteiger partial charge in [0.15, 0.2) is 0 Å². The lowest BCUT2D eigenvalue weighted by atomic mass is 10.5. The molecular formula is C11H20N2O4S2. The maximum absolute atomic E-state index is 11.9. The minimum Gasteiger partial charge on any atom is -0.382 e. The Hall–Kier alpha value is -0.510. The van der Waals surface area contributed by atoms with E-state index in [4.69, 9.17) is 15.2 Å². The minimum atomic E-state index is -3.42. The van der Waals surface area contributed by atoms with Crippen LogP contribution in [0.25, 0.3) is 0 Å². The number of hydrogen-bond donors (Lipinski definition) is 2. The summed E-state index contributed by atoms with van der Waals surface area (Å²) < 4.78 is 36.4. The van der Waals surface area contributed by atoms with Gasteiger partial charge >= 0.3 is 0 Å². The summed E-state index contributed by atoms with van der Waals surface area (Å²) in [6, 6.07) is 1.60. The monoisotopic (exact) mass is 308 g/mol. The fourth-order valence-electron chi connectivity index (χ4n) is 1.32. The molecule has 19 heavy (non-hydrogen) atoms. The van der Waals surface area contributed by atoms with Gasteiger partial charge in [-0.25, -0.2) is 13.1 Å². The van der Waals surface area contributed by atoms with Crippen LogP contribution in [0.5, 0.6) is 0 Å². The molecule has 0 unspecified atom stereocenters. The Balaban J connectivity index is 2.27. The third-order valence-corrected chi connectivity index (χ3v) is 4.88. The van der Waals surface area contributed by atoms with E-state index < -0.39 is 10.0 Å². The van der Waals surface area contributed by atoms with Crippen molar-refractivity contribution in [2.75, 3.05) is 33.5 Å². The second-order valence-corrected chi connectivity index (χ2v) is 6.57. The summed E-state index contributed by atoms with van der Waals surface area (Å²) in [5.74, 6) is 0. The van der Waals surface area contributed by atoms with Crippen LogP contribution < -0.4 is 10.5 Å². The summed E-state index contributed by atoms with van der Waals surface area (Å²) in [6.07, 6.45) is 0.622. The van der Waals surface area contributed by atoms with Crippen LogP contribution in [0.4, 0.5) is 0 Å². The Morgan fingerprint density at radius 3 is 2.79 bits per heavy atom. The first kappa shape index (κ1) is 16.5. The van der Waals surface area contributed by atoms with E-state index in [-0.39, 0.29) is 4.90 Å². The SMILES string of the molecule is COCCOCCCNS(=O)(=O)c1csc(CN)c1. The van der Waals surface area contributed by atoms with Gasteiger partial charge in [0.2, 0.25) is 10.0 Å². The third kappa shape index (κ3) is 5.98. The van der Waals surface area contributed by atoms with E-state index in [1.54, 1.807) is 18.6 Å². The molecule has 1 rings (SSSR count). The molecule has 0 bridgehead atoms. The van der Waals surface area contributed by atoms with Crippen molar-refractivity contribution in [3.63, 3.8) is 0 Å². The number of sulfonamides is 1. The topological polar surface area (TPSA) is 90.6 Å². The quantitative estimate of drug-likeness (QED) is 0.616. The Morgan fingerprint density at radius 1 is 1.37 bits per heavy atom. The second-order valence-electron chi connectivity index (χ2n) is 3.81. The molecule has 0 aromatic carbocycles. The zero-order chi connectivity index (χ0) is 14.1. The molecule has 0 radical (unpaired) electrons. The summed E-state index contributed by atoms with van der Waals surface area (Å²) in [7, 11) is -1.82. The van der Waals surface area contributed by atoms with Gasteiger partial charge in [0.25, 0.3) is 0 Å². The van der Waals surface area contributed by atoms with Crippen molar-refractivity contribution in [3.8, 4) is 0 Å². The van der Waals surface area contributed by atoms with E-state index in [2.05, 4.69) is 4.72 Å². The summed E-state index contributed by atoms with van der Waals surface area (Å²) in [4.78, 5) is 1.13. The number of nitrogens with two attached hydrogens (primary N) is 1. The van der Waals surface area contributed by atoms with Crippen LogP contribution in [0.1, 0.15) is 11.3 Å². The number of thiophene rings is 1. The molecule has 0 aliphatic heterocycles. The highest BCUT2D eigenvalue weighted by Gasteiger charge is 2.14. The van der Waals surface area contributed by atoms with Crippen molar-refractivity contribution >= 4 is 21.4 Å². The Morgan fingerprint density at radius 2 is 2.16 bits per heavy atom. The number of ether oxygens (including phenoxy) is 2. The average Bonchev–Trinajstić information content (AvgIpc) is 2.87. The Bertz CT molecular complexity index is 459. The molecule has 0 atom stereocenters. The van der Waals surface area contributed by atoms with Crippen molar-refractivity contribution in [1.29, 1.82) is 0 Å². The number of rotatable bonds is 10. The largest absolute Gasteiger partial charge is 0.382 e. The molecule has 110 valence electrons. The molecule has 0 saturated heterocycles. The minimum absolute atomic E-state index is 0.276. The van der Waals surface area contributed by atoms with Crippen LogP contribution in [0.15, 0.2) is 16.3 Å². The second kappa shape index (κ2) is 8.62. The Kier molecular flexibility index (Phi) is 7.51. The highest BCUT2D eigenvalue weighted by Crippen LogP contribution is 2.18. The molecule has 3 N–H and O–H groups in total. The van der Waals surface area contributed by atoms with Gasteiger partial charge in [-0.2, -0.15) is 0 Å². The molecule has 1 aromatic rings. The van der Waals surface area contributed by atoms with Gasteiger partial charge in [-0.15, -0.1) is 11.3 Å². The van der Waals surface area contributed by atoms with Gasteiger partial charge < -0.3 is 15.2 Å². The average molecular weight is 308 g/mol. The lowest BCUT2D eigenvalue weighted by molar-refractivity contribution is 0.0699. The van der Waals surface area contributed by atoms with Crippen molar-refractivity contribution in [1.82, 2.24) is 4.72 Å². The highest BCUT2D eigenvalue weighted by atomic mass is 32.2. The molecule has 0 aliphatic rings. The smallest absolute Gasteiger partial charge is 0.241 e. The van der Waals surface area contributed by atoms with Crippen molar-refractivity contribution in [2.45, 2.75) is 17.9 Å². The van der Waals surface area contributed by atoms with Crippen LogP contribution in [-0.4, -0.2) is 41.9 Å². The number of hydrogen-bond acceptors (Lipinski definition) is 6. The summed E-state index contributed by atoms with van der Waals surface area (Å²) >= 11 is 1.35. The standard InChI is InChI=1S/C11H20N2O4S2/c1-16-5-6-17-4-2-3-13-19(14,15)11-7-10(8-12)18-9-11/h7,9,13H,2-6,8,12H2,1H3. The lowest BCUT2D eigenvalue weighted by Crippen LogP contribution is -2.25. The van der Waals surface area contributed by atoms with Gasteiger partial charge in [-0.05, 0) is 12.5 Å². The summed E-state index contributed by atoms with van der Waals surface area (Å²) in [5, 5.41) is 1.60. The molecule has 0 spiro atoms. The van der Waals surface area contributed by atoms with E-state index in [0.717, 1.165) is 4.88 Å². The van der Waals surface area contributed by atoms with Crippen LogP contribution in [-0.2, 0) is 26.0 Å². The van der Waals surface area contributed by atoms with Gasteiger partial charge in [0.05, 0.1) is 18.1 Å². The Labute approximate surface area is 118 Å². The molecular weight excluding hydrogens is 288 g/mol. The van der Waals surface area contributed by atoms with Crippen molar-refractivity contribution < 1.29 is 17.9 Å². The molecule has 8 heteroatoms. The maximum Gasteiger partial charge on any atom is 0.241 e. The first-order chi connectivity index (χ1) is 9.10. The van der Waals surface area contributed by atoms with E-state index in [9.17, 15) is 8.42 Å². The van der Waals surface area contributed by atoms with E-state index in [1.165, 1.54) is 11.3 Å². The first-order valence-corrected chi connectivity index (χ1v) is 8.30. The van der Waals surface area contributed by atoms with E-state index >= 15 is 0 Å². The van der Waals surface area contributed by atoms with Gasteiger partial charge in [0, 0.05) is 37.1 Å². The predicted molar refractivity (Wildman–Crippen MR) is 74.7 cm³/mol. The molecule has 1 heterocycles. The van der Waals surface area contributed by atoms with Crippen LogP contribution >= 0.6 is 11.3 Å². The lowest BCUT2D eigenvalue weighted by Gasteiger charge is -2.05. The summed E-state index contributed by atoms with van der Waals surface area (Å²) in [6.45, 7) is 2.27. The van der Waals surface area contributed by atoms with Gasteiger partial charge in [-0.1, -0.05) is 0 Å². The number of nitrogens with one attached hydrogen (secondary N) is 1. The van der Waals surface area contributed by atoms with Crippen LogP contribution in [0.2, 0.25) is 0 Å². The van der Waals surface area contributed by atoms with Gasteiger partial charge in [0.1, 0.15) is 0 Å². The van der Waals surface area contributed by atoms with E-state index in [1.807, 2.05) is 0 Å². The predicted octanol–water partition coefficient (Wildman–Crippen LogP) is 0.538. The third-order valence-electron chi connectivity index (χ3n) is 2.33. The zero-order valence-corrected chi connectivity index (χ0v) is 12.6. The fourth-order valence-corrected chi connectivity index (χ4v) is 3.55. The molecule has 0 saturated carbocycles. The van der Waals surface area contributed by atoms with Crippen LogP contribution in [0.3, 0.4) is 0 Å². The van der Waals surface area contributed by atoms with Crippen molar-refractivity contribution in [2.24, 2.45) is 5.73 Å². The van der Waals surface area contributed by atoms with E-state index in [0.29, 0.717) is 39.3 Å². The molecule has 6 nitrogen and oxygen atoms in total. The zero-order valence-electron chi connectivity index (χ0n) is 10.9. The fraction of sp³-hybridized carbons (Fsp3) is 0.636. The molecule has 0 aliphatic carbocycles. The van der Waals surface area contributed by atoms with Crippen molar-refractivity contribution in [3.05, 3.63) is 16.3 Å². The molecule has 0 fully saturated rings. The van der Waals surface area contributed by atoms with Crippen LogP contribution in [0, 0.1) is 0 Å². The first-order valence-electron chi connectivity index (χ1n) is 5.94. The molecule has 1 aromatic heterocycles. The van der Waals surface area contributed by atoms with Gasteiger partial charge in [-0.3, -0.25) is 0 Å². The summed E-state index contributed by atoms with van der Waals surface area (Å²) in [5.41, 5.74) is 5.45.